The molecule has 1 unspecified atom stereocenters. The molecule has 0 aliphatic heterocycles. The summed E-state index contributed by atoms with van der Waals surface area (Å²) < 4.78 is 5.06. The maximum atomic E-state index is 12.2. The molecule has 1 heterocycles. The molecule has 5 heteroatoms. The van der Waals surface area contributed by atoms with Gasteiger partial charge in [0.1, 0.15) is 17.4 Å². The minimum atomic E-state index is -1.57. The first-order chi connectivity index (χ1) is 8.94. The number of aromatic carboxylic acids is 1. The molecule has 19 heavy (non-hydrogen) atoms. The van der Waals surface area contributed by atoms with Gasteiger partial charge in [-0.3, -0.25) is 4.79 Å². The van der Waals surface area contributed by atoms with Crippen molar-refractivity contribution >= 4 is 11.8 Å². The first kappa shape index (κ1) is 11.7. The number of benzene rings is 1. The summed E-state index contributed by atoms with van der Waals surface area (Å²) in [5.41, 5.74) is -1.03. The average Bonchev–Trinajstić information content (AvgIpc) is 2.82. The van der Waals surface area contributed by atoms with E-state index in [1.54, 1.807) is 24.3 Å². The Balaban J connectivity index is 2.37. The number of fused-ring (bicyclic) bond motifs is 2. The maximum Gasteiger partial charge on any atom is 0.339 e. The Morgan fingerprint density at radius 3 is 2.68 bits per heavy atom. The first-order valence-corrected chi connectivity index (χ1v) is 5.66. The third-order valence-electron chi connectivity index (χ3n) is 3.41. The van der Waals surface area contributed by atoms with Gasteiger partial charge in [0.25, 0.3) is 0 Å². The van der Waals surface area contributed by atoms with E-state index in [-0.39, 0.29) is 16.9 Å². The zero-order valence-corrected chi connectivity index (χ0v) is 10.0. The largest absolute Gasteiger partial charge is 0.478 e. The molecule has 3 rings (SSSR count). The summed E-state index contributed by atoms with van der Waals surface area (Å²) in [6, 6.07) is 6.55. The number of aliphatic hydroxyl groups is 1. The highest BCUT2D eigenvalue weighted by molar-refractivity contribution is 6.12. The molecule has 0 spiro atoms. The molecule has 0 amide bonds. The molecule has 0 bridgehead atoms. The second kappa shape index (κ2) is 3.55. The zero-order valence-electron chi connectivity index (χ0n) is 10.0. The van der Waals surface area contributed by atoms with Gasteiger partial charge in [-0.1, -0.05) is 24.3 Å². The quantitative estimate of drug-likeness (QED) is 0.814. The molecule has 1 aromatic carbocycles. The fourth-order valence-electron chi connectivity index (χ4n) is 2.53. The van der Waals surface area contributed by atoms with Gasteiger partial charge < -0.3 is 14.6 Å². The van der Waals surface area contributed by atoms with Crippen molar-refractivity contribution in [3.8, 4) is 0 Å². The predicted molar refractivity (Wildman–Crippen MR) is 64.2 cm³/mol. The number of carbonyl (C=O) groups is 2. The van der Waals surface area contributed by atoms with E-state index in [0.29, 0.717) is 11.1 Å². The van der Waals surface area contributed by atoms with Crippen LogP contribution in [0.5, 0.6) is 0 Å². The van der Waals surface area contributed by atoms with E-state index in [2.05, 4.69) is 0 Å². The Labute approximate surface area is 108 Å². The van der Waals surface area contributed by atoms with Gasteiger partial charge in [-0.2, -0.15) is 0 Å². The van der Waals surface area contributed by atoms with Crippen LogP contribution in [0, 0.1) is 0 Å². The van der Waals surface area contributed by atoms with Crippen molar-refractivity contribution in [1.82, 2.24) is 0 Å². The number of ketones is 1. The normalized spacial score (nSPS) is 20.8. The predicted octanol–water partition coefficient (Wildman–Crippen LogP) is 1.78. The second-order valence-corrected chi connectivity index (χ2v) is 4.61. The summed E-state index contributed by atoms with van der Waals surface area (Å²) >= 11 is 0. The van der Waals surface area contributed by atoms with Crippen LogP contribution in [0.3, 0.4) is 0 Å². The lowest BCUT2D eigenvalue weighted by Crippen LogP contribution is -2.33. The van der Waals surface area contributed by atoms with E-state index < -0.39 is 17.4 Å². The third-order valence-corrected chi connectivity index (χ3v) is 3.41. The Bertz CT molecular complexity index is 708. The molecule has 96 valence electrons. The van der Waals surface area contributed by atoms with E-state index in [0.717, 1.165) is 6.26 Å². The molecular formula is C14H10O5. The van der Waals surface area contributed by atoms with Gasteiger partial charge in [-0.25, -0.2) is 4.79 Å². The molecule has 0 saturated carbocycles. The molecule has 2 aromatic rings. The maximum absolute atomic E-state index is 12.2. The van der Waals surface area contributed by atoms with Crippen LogP contribution < -0.4 is 0 Å². The Hall–Kier alpha value is -2.40. The minimum Gasteiger partial charge on any atom is -0.478 e. The SMILES string of the molecule is CC1(O)c2ccccc2C(=O)c2occ(C(=O)O)c21. The van der Waals surface area contributed by atoms with Crippen molar-refractivity contribution in [1.29, 1.82) is 0 Å². The number of furan rings is 1. The number of carbonyl (C=O) groups excluding carboxylic acids is 1. The lowest BCUT2D eigenvalue weighted by atomic mass is 9.77. The number of carboxylic acid groups (broad SMARTS) is 1. The molecule has 0 saturated heterocycles. The summed E-state index contributed by atoms with van der Waals surface area (Å²) in [5, 5.41) is 19.8. The van der Waals surface area contributed by atoms with Gasteiger partial charge >= 0.3 is 5.97 Å². The minimum absolute atomic E-state index is 0.0173. The van der Waals surface area contributed by atoms with E-state index in [4.69, 9.17) is 9.52 Å². The van der Waals surface area contributed by atoms with Crippen molar-refractivity contribution in [3.63, 3.8) is 0 Å². The molecule has 1 aliphatic rings. The van der Waals surface area contributed by atoms with Gasteiger partial charge in [0, 0.05) is 5.56 Å². The topological polar surface area (TPSA) is 87.7 Å². The fourth-order valence-corrected chi connectivity index (χ4v) is 2.53. The van der Waals surface area contributed by atoms with E-state index in [9.17, 15) is 14.7 Å². The van der Waals surface area contributed by atoms with Crippen molar-refractivity contribution in [2.24, 2.45) is 0 Å². The first-order valence-electron chi connectivity index (χ1n) is 5.66. The lowest BCUT2D eigenvalue weighted by molar-refractivity contribution is 0.0664. The molecular weight excluding hydrogens is 248 g/mol. The zero-order chi connectivity index (χ0) is 13.8. The molecule has 1 aliphatic carbocycles. The van der Waals surface area contributed by atoms with Crippen LogP contribution in [-0.2, 0) is 5.60 Å². The van der Waals surface area contributed by atoms with Crippen LogP contribution in [-0.4, -0.2) is 22.0 Å². The number of carboxylic acids is 1. The highest BCUT2D eigenvalue weighted by Gasteiger charge is 2.44. The highest BCUT2D eigenvalue weighted by Crippen LogP contribution is 2.42. The smallest absolute Gasteiger partial charge is 0.339 e. The molecule has 5 nitrogen and oxygen atoms in total. The van der Waals surface area contributed by atoms with Gasteiger partial charge in [0.15, 0.2) is 5.76 Å². The Morgan fingerprint density at radius 2 is 2.00 bits per heavy atom. The monoisotopic (exact) mass is 258 g/mol. The van der Waals surface area contributed by atoms with Crippen LogP contribution in [0.1, 0.15) is 44.5 Å². The van der Waals surface area contributed by atoms with Gasteiger partial charge in [0.05, 0.1) is 5.56 Å². The summed E-state index contributed by atoms with van der Waals surface area (Å²) in [6.07, 6.45) is 0.991. The number of rotatable bonds is 1. The van der Waals surface area contributed by atoms with Crippen molar-refractivity contribution in [2.75, 3.05) is 0 Å². The molecule has 0 fully saturated rings. The Morgan fingerprint density at radius 1 is 1.32 bits per heavy atom. The van der Waals surface area contributed by atoms with Crippen molar-refractivity contribution < 1.29 is 24.2 Å². The summed E-state index contributed by atoms with van der Waals surface area (Å²) in [4.78, 5) is 23.4. The summed E-state index contributed by atoms with van der Waals surface area (Å²) in [7, 11) is 0. The summed E-state index contributed by atoms with van der Waals surface area (Å²) in [6.45, 7) is 1.46. The number of hydrogen-bond donors (Lipinski definition) is 2. The standard InChI is InChI=1S/C14H10O5/c1-14(18)9-5-3-2-4-7(9)11(15)12-10(14)8(6-19-12)13(16)17/h2-6,18H,1H3,(H,16,17). The molecule has 0 radical (unpaired) electrons. The highest BCUT2D eigenvalue weighted by atomic mass is 16.4. The van der Waals surface area contributed by atoms with Crippen molar-refractivity contribution in [3.05, 3.63) is 58.5 Å². The van der Waals surface area contributed by atoms with E-state index >= 15 is 0 Å². The number of hydrogen-bond acceptors (Lipinski definition) is 4. The van der Waals surface area contributed by atoms with Crippen LogP contribution in [0.4, 0.5) is 0 Å². The van der Waals surface area contributed by atoms with Crippen LogP contribution >= 0.6 is 0 Å². The van der Waals surface area contributed by atoms with Crippen LogP contribution in [0.25, 0.3) is 0 Å². The van der Waals surface area contributed by atoms with E-state index in [1.807, 2.05) is 0 Å². The Kier molecular flexibility index (Phi) is 2.18. The van der Waals surface area contributed by atoms with E-state index in [1.165, 1.54) is 6.92 Å². The van der Waals surface area contributed by atoms with Gasteiger partial charge in [-0.15, -0.1) is 0 Å². The molecule has 2 N–H and O–H groups in total. The molecule has 1 atom stereocenters. The third kappa shape index (κ3) is 1.39. The van der Waals surface area contributed by atoms with Crippen LogP contribution in [0.2, 0.25) is 0 Å². The second-order valence-electron chi connectivity index (χ2n) is 4.61. The van der Waals surface area contributed by atoms with Crippen molar-refractivity contribution in [2.45, 2.75) is 12.5 Å². The average molecular weight is 258 g/mol. The van der Waals surface area contributed by atoms with Gasteiger partial charge in [0.2, 0.25) is 5.78 Å². The molecule has 1 aromatic heterocycles. The lowest BCUT2D eigenvalue weighted by Gasteiger charge is -2.30. The summed E-state index contributed by atoms with van der Waals surface area (Å²) in [5.74, 6) is -1.76. The van der Waals surface area contributed by atoms with Crippen LogP contribution in [0.15, 0.2) is 34.9 Å². The fraction of sp³-hybridized carbons (Fsp3) is 0.143. The van der Waals surface area contributed by atoms with Gasteiger partial charge in [-0.05, 0) is 12.5 Å².